The minimum atomic E-state index is -0.882. The van der Waals surface area contributed by atoms with E-state index < -0.39 is 35.6 Å². The van der Waals surface area contributed by atoms with Crippen LogP contribution < -0.4 is 0 Å². The van der Waals surface area contributed by atoms with Crippen molar-refractivity contribution in [2.75, 3.05) is 6.61 Å². The van der Waals surface area contributed by atoms with Crippen LogP contribution in [0.1, 0.15) is 37.7 Å². The van der Waals surface area contributed by atoms with Crippen LogP contribution in [0, 0.1) is 25.5 Å². The Bertz CT molecular complexity index is 1100. The fourth-order valence-electron chi connectivity index (χ4n) is 2.93. The summed E-state index contributed by atoms with van der Waals surface area (Å²) >= 11 is 6.17. The van der Waals surface area contributed by atoms with Crippen molar-refractivity contribution >= 4 is 23.4 Å². The first kappa shape index (κ1) is 20.7. The van der Waals surface area contributed by atoms with Gasteiger partial charge in [-0.2, -0.15) is 5.10 Å². The Morgan fingerprint density at radius 3 is 2.59 bits per heavy atom. The van der Waals surface area contributed by atoms with Gasteiger partial charge in [-0.1, -0.05) is 29.8 Å². The molecule has 29 heavy (non-hydrogen) atoms. The van der Waals surface area contributed by atoms with Crippen LogP contribution in [0.25, 0.3) is 0 Å². The van der Waals surface area contributed by atoms with Crippen LogP contribution in [0.3, 0.4) is 0 Å². The highest BCUT2D eigenvalue weighted by molar-refractivity contribution is 6.31. The van der Waals surface area contributed by atoms with E-state index in [1.165, 1.54) is 0 Å². The van der Waals surface area contributed by atoms with Crippen molar-refractivity contribution in [3.8, 4) is 0 Å². The summed E-state index contributed by atoms with van der Waals surface area (Å²) in [5, 5.41) is 4.92. The lowest BCUT2D eigenvalue weighted by Crippen LogP contribution is -2.16. The summed E-state index contributed by atoms with van der Waals surface area (Å²) in [6.07, 6.45) is 0. The van der Waals surface area contributed by atoms with Crippen molar-refractivity contribution in [1.82, 2.24) is 9.78 Å². The third-order valence-electron chi connectivity index (χ3n) is 4.43. The van der Waals surface area contributed by atoms with Gasteiger partial charge in [0.05, 0.1) is 23.5 Å². The molecule has 0 saturated carbocycles. The van der Waals surface area contributed by atoms with E-state index in [2.05, 4.69) is 5.10 Å². The van der Waals surface area contributed by atoms with E-state index in [-0.39, 0.29) is 5.56 Å². The lowest BCUT2D eigenvalue weighted by molar-refractivity contribution is 0.0472. The molecule has 0 atom stereocenters. The number of halogens is 3. The second-order valence-electron chi connectivity index (χ2n) is 6.42. The first-order chi connectivity index (χ1) is 13.8. The topological polar surface area (TPSA) is 61.2 Å². The summed E-state index contributed by atoms with van der Waals surface area (Å²) in [7, 11) is 0. The zero-order valence-electron chi connectivity index (χ0n) is 15.7. The Balaban J connectivity index is 1.74. The minimum Gasteiger partial charge on any atom is -0.454 e. The molecular weight excluding hydrogens is 402 g/mol. The molecule has 0 radical (unpaired) electrons. The van der Waals surface area contributed by atoms with Crippen molar-refractivity contribution in [2.45, 2.75) is 20.4 Å². The van der Waals surface area contributed by atoms with Crippen molar-refractivity contribution in [2.24, 2.45) is 0 Å². The maximum atomic E-state index is 13.7. The SMILES string of the molecule is Cc1nn(Cc2ccccc2Cl)c(C)c1C(=O)OCC(=O)c1cc(F)ccc1F. The molecule has 0 spiro atoms. The van der Waals surface area contributed by atoms with Gasteiger partial charge in [0.25, 0.3) is 0 Å². The molecule has 0 aliphatic heterocycles. The minimum absolute atomic E-state index is 0.213. The third-order valence-corrected chi connectivity index (χ3v) is 4.80. The molecule has 0 bridgehead atoms. The van der Waals surface area contributed by atoms with Crippen LogP contribution in [0.5, 0.6) is 0 Å². The van der Waals surface area contributed by atoms with E-state index in [0.29, 0.717) is 23.0 Å². The zero-order valence-corrected chi connectivity index (χ0v) is 16.5. The Morgan fingerprint density at radius 2 is 1.86 bits per heavy atom. The number of ketones is 1. The van der Waals surface area contributed by atoms with E-state index >= 15 is 0 Å². The predicted molar refractivity (Wildman–Crippen MR) is 103 cm³/mol. The molecule has 1 aromatic heterocycles. The van der Waals surface area contributed by atoms with Crippen molar-refractivity contribution in [1.29, 1.82) is 0 Å². The molecule has 150 valence electrons. The number of hydrogen-bond acceptors (Lipinski definition) is 4. The predicted octanol–water partition coefficient (Wildman–Crippen LogP) is 4.52. The second-order valence-corrected chi connectivity index (χ2v) is 6.83. The van der Waals surface area contributed by atoms with E-state index in [1.807, 2.05) is 18.2 Å². The Kier molecular flexibility index (Phi) is 6.08. The highest BCUT2D eigenvalue weighted by atomic mass is 35.5. The van der Waals surface area contributed by atoms with Gasteiger partial charge < -0.3 is 4.74 Å². The van der Waals surface area contributed by atoms with Gasteiger partial charge in [0.1, 0.15) is 17.2 Å². The van der Waals surface area contributed by atoms with Gasteiger partial charge in [-0.25, -0.2) is 13.6 Å². The average Bonchev–Trinajstić information content (AvgIpc) is 2.96. The second kappa shape index (κ2) is 8.53. The molecule has 0 saturated heterocycles. The van der Waals surface area contributed by atoms with Gasteiger partial charge in [-0.15, -0.1) is 0 Å². The normalized spacial score (nSPS) is 10.8. The molecular formula is C21H17ClF2N2O3. The molecule has 0 fully saturated rings. The summed E-state index contributed by atoms with van der Waals surface area (Å²) in [5.41, 5.74) is 1.53. The third kappa shape index (κ3) is 4.51. The number of esters is 1. The average molecular weight is 419 g/mol. The molecule has 5 nitrogen and oxygen atoms in total. The molecule has 8 heteroatoms. The van der Waals surface area contributed by atoms with E-state index in [4.69, 9.17) is 16.3 Å². The number of rotatable bonds is 6. The molecule has 0 aliphatic rings. The van der Waals surface area contributed by atoms with Crippen LogP contribution in [-0.4, -0.2) is 28.1 Å². The molecule has 0 N–H and O–H groups in total. The van der Waals surface area contributed by atoms with Gasteiger partial charge in [0.15, 0.2) is 6.61 Å². The van der Waals surface area contributed by atoms with Gasteiger partial charge in [0, 0.05) is 5.02 Å². The Hall–Kier alpha value is -3.06. The summed E-state index contributed by atoms with van der Waals surface area (Å²) in [6.45, 7) is 2.98. The summed E-state index contributed by atoms with van der Waals surface area (Å²) in [4.78, 5) is 24.6. The molecule has 0 unspecified atom stereocenters. The molecule has 0 amide bonds. The monoisotopic (exact) mass is 418 g/mol. The lowest BCUT2D eigenvalue weighted by Gasteiger charge is -2.08. The van der Waals surface area contributed by atoms with E-state index in [1.54, 1.807) is 24.6 Å². The summed E-state index contributed by atoms with van der Waals surface area (Å²) in [6, 6.07) is 9.78. The number of hydrogen-bond donors (Lipinski definition) is 0. The number of benzene rings is 2. The van der Waals surface area contributed by atoms with Gasteiger partial charge in [0.2, 0.25) is 5.78 Å². The number of carbonyl (C=O) groups excluding carboxylic acids is 2. The van der Waals surface area contributed by atoms with Crippen molar-refractivity contribution in [3.05, 3.63) is 87.2 Å². The number of nitrogens with zero attached hydrogens (tertiary/aromatic N) is 2. The number of carbonyl (C=O) groups is 2. The Labute approximate surface area is 170 Å². The first-order valence-corrected chi connectivity index (χ1v) is 9.08. The quantitative estimate of drug-likeness (QED) is 0.436. The number of aromatic nitrogens is 2. The Morgan fingerprint density at radius 1 is 1.14 bits per heavy atom. The number of ether oxygens (including phenoxy) is 1. The molecule has 3 rings (SSSR count). The fourth-order valence-corrected chi connectivity index (χ4v) is 3.12. The zero-order chi connectivity index (χ0) is 21.1. The maximum absolute atomic E-state index is 13.7. The van der Waals surface area contributed by atoms with Crippen molar-refractivity contribution < 1.29 is 23.1 Å². The first-order valence-electron chi connectivity index (χ1n) is 8.70. The molecule has 3 aromatic rings. The molecule has 0 aliphatic carbocycles. The lowest BCUT2D eigenvalue weighted by atomic mass is 10.1. The smallest absolute Gasteiger partial charge is 0.342 e. The van der Waals surface area contributed by atoms with Crippen LogP contribution in [0.4, 0.5) is 8.78 Å². The fraction of sp³-hybridized carbons (Fsp3) is 0.190. The van der Waals surface area contributed by atoms with E-state index in [9.17, 15) is 18.4 Å². The highest BCUT2D eigenvalue weighted by Crippen LogP contribution is 2.20. The largest absolute Gasteiger partial charge is 0.454 e. The van der Waals surface area contributed by atoms with Gasteiger partial charge >= 0.3 is 5.97 Å². The number of aryl methyl sites for hydroxylation is 1. The van der Waals surface area contributed by atoms with E-state index in [0.717, 1.165) is 23.8 Å². The van der Waals surface area contributed by atoms with Gasteiger partial charge in [-0.3, -0.25) is 9.48 Å². The highest BCUT2D eigenvalue weighted by Gasteiger charge is 2.22. The van der Waals surface area contributed by atoms with Crippen molar-refractivity contribution in [3.63, 3.8) is 0 Å². The maximum Gasteiger partial charge on any atom is 0.342 e. The van der Waals surface area contributed by atoms with Crippen LogP contribution in [-0.2, 0) is 11.3 Å². The summed E-state index contributed by atoms with van der Waals surface area (Å²) < 4.78 is 33.6. The van der Waals surface area contributed by atoms with Gasteiger partial charge in [-0.05, 0) is 43.7 Å². The van der Waals surface area contributed by atoms with Crippen LogP contribution in [0.2, 0.25) is 5.02 Å². The molecule has 2 aromatic carbocycles. The van der Waals surface area contributed by atoms with Crippen LogP contribution >= 0.6 is 11.6 Å². The standard InChI is InChI=1S/C21H17ClF2N2O3/c1-12-20(13(2)26(25-12)10-14-5-3-4-6-17(14)22)21(28)29-11-19(27)16-9-15(23)7-8-18(16)24/h3-9H,10-11H2,1-2H3. The molecule has 1 heterocycles. The number of Topliss-reactive ketones (excluding diaryl/α,β-unsaturated/α-hetero) is 1. The van der Waals surface area contributed by atoms with Crippen LogP contribution in [0.15, 0.2) is 42.5 Å². The summed E-state index contributed by atoms with van der Waals surface area (Å²) in [5.74, 6) is -3.24.